The summed E-state index contributed by atoms with van der Waals surface area (Å²) in [6.07, 6.45) is 0.627. The van der Waals surface area contributed by atoms with Crippen LogP contribution in [0.25, 0.3) is 10.8 Å². The van der Waals surface area contributed by atoms with Gasteiger partial charge in [-0.3, -0.25) is 14.3 Å². The molecule has 0 spiro atoms. The molecule has 6 nitrogen and oxygen atoms in total. The van der Waals surface area contributed by atoms with E-state index in [2.05, 4.69) is 53.7 Å². The van der Waals surface area contributed by atoms with Gasteiger partial charge in [0.15, 0.2) is 0 Å². The Balaban J connectivity index is 1.74. The molecule has 0 bridgehead atoms. The van der Waals surface area contributed by atoms with Crippen molar-refractivity contribution in [3.8, 4) is 0 Å². The molecule has 1 heterocycles. The van der Waals surface area contributed by atoms with Crippen molar-refractivity contribution in [2.24, 2.45) is 5.73 Å². The average molecular weight is 457 g/mol. The number of fused-ring (bicyclic) bond motifs is 1. The molecule has 1 saturated heterocycles. The quantitative estimate of drug-likeness (QED) is 0.599. The molecule has 7 heteroatoms. The third kappa shape index (κ3) is 5.00. The monoisotopic (exact) mass is 456 g/mol. The topological polar surface area (TPSA) is 78.7 Å². The number of amides is 2. The second-order valence-electron chi connectivity index (χ2n) is 8.98. The maximum absolute atomic E-state index is 13.2. The van der Waals surface area contributed by atoms with Crippen molar-refractivity contribution < 1.29 is 9.59 Å². The number of carbonyl (C=O) groups excluding carboxylic acids is 2. The van der Waals surface area contributed by atoms with Crippen LogP contribution in [0.3, 0.4) is 0 Å². The highest BCUT2D eigenvalue weighted by Gasteiger charge is 2.38. The Kier molecular flexibility index (Phi) is 7.32. The highest BCUT2D eigenvalue weighted by molar-refractivity contribution is 8.26. The molecule has 0 aromatic heterocycles. The normalized spacial score (nSPS) is 17.9. The Morgan fingerprint density at radius 2 is 1.88 bits per heavy atom. The summed E-state index contributed by atoms with van der Waals surface area (Å²) in [5.74, 6) is 8.56. The van der Waals surface area contributed by atoms with E-state index in [-0.39, 0.29) is 17.9 Å². The number of hydrogen-bond donors (Lipinski definition) is 2. The molecule has 32 heavy (non-hydrogen) atoms. The van der Waals surface area contributed by atoms with Crippen molar-refractivity contribution in [3.63, 3.8) is 0 Å². The number of nitrogens with one attached hydrogen (secondary N) is 1. The Morgan fingerprint density at radius 3 is 2.53 bits per heavy atom. The lowest BCUT2D eigenvalue weighted by molar-refractivity contribution is -0.144. The summed E-state index contributed by atoms with van der Waals surface area (Å²) < 4.78 is 3.42. The van der Waals surface area contributed by atoms with Gasteiger partial charge in [-0.15, -0.1) is 9.39 Å². The molecule has 2 amide bonds. The zero-order chi connectivity index (χ0) is 23.6. The molecule has 1 aliphatic rings. The summed E-state index contributed by atoms with van der Waals surface area (Å²) in [6.45, 7) is 9.22. The van der Waals surface area contributed by atoms with E-state index in [1.165, 1.54) is 10.9 Å². The van der Waals surface area contributed by atoms with Gasteiger partial charge in [-0.25, -0.2) is 0 Å². The predicted octanol–water partition coefficient (Wildman–Crippen LogP) is 2.87. The first-order valence-corrected chi connectivity index (χ1v) is 13.1. The Hall–Kier alpha value is -2.35. The lowest BCUT2D eigenvalue weighted by Gasteiger charge is -2.33. The summed E-state index contributed by atoms with van der Waals surface area (Å²) in [4.78, 5) is 30.6. The van der Waals surface area contributed by atoms with Crippen molar-refractivity contribution in [1.82, 2.24) is 14.5 Å². The van der Waals surface area contributed by atoms with E-state index >= 15 is 0 Å². The Bertz CT molecular complexity index is 1110. The molecule has 0 aliphatic carbocycles. The fraction of sp³-hybridized carbons (Fsp3) is 0.440. The lowest BCUT2D eigenvalue weighted by Crippen LogP contribution is -2.52. The van der Waals surface area contributed by atoms with Gasteiger partial charge in [0.2, 0.25) is 11.8 Å². The van der Waals surface area contributed by atoms with Gasteiger partial charge in [0.25, 0.3) is 0 Å². The molecule has 2 aromatic rings. The van der Waals surface area contributed by atoms with E-state index in [0.717, 1.165) is 10.3 Å². The molecular weight excluding hydrogens is 420 g/mol. The molecule has 1 fully saturated rings. The van der Waals surface area contributed by atoms with E-state index < -0.39 is 21.5 Å². The van der Waals surface area contributed by atoms with E-state index in [1.54, 1.807) is 16.7 Å². The second-order valence-corrected chi connectivity index (χ2v) is 11.5. The molecule has 2 atom stereocenters. The summed E-state index contributed by atoms with van der Waals surface area (Å²) in [5.41, 5.74) is 6.90. The maximum Gasteiger partial charge on any atom is 0.245 e. The number of benzene rings is 2. The van der Waals surface area contributed by atoms with Gasteiger partial charge in [0.1, 0.15) is 6.04 Å². The minimum atomic E-state index is -1.90. The maximum atomic E-state index is 13.2. The van der Waals surface area contributed by atoms with Crippen LogP contribution >= 0.6 is 9.39 Å². The van der Waals surface area contributed by atoms with Crippen LogP contribution in [-0.2, 0) is 9.59 Å². The Morgan fingerprint density at radius 1 is 1.22 bits per heavy atom. The van der Waals surface area contributed by atoms with Gasteiger partial charge in [0, 0.05) is 30.6 Å². The van der Waals surface area contributed by atoms with Gasteiger partial charge in [-0.05, 0) is 57.0 Å². The molecular formula is C25H36N4O2S. The fourth-order valence-corrected chi connectivity index (χ4v) is 5.84. The van der Waals surface area contributed by atoms with Crippen LogP contribution in [-0.4, -0.2) is 71.1 Å². The van der Waals surface area contributed by atoms with Gasteiger partial charge >= 0.3 is 0 Å². The standard InChI is InChI=1S/C25H36N4O2S/c1-17(2)28(14-12-26)24(30)19(4)29-13-11-23(25(29)31)27-32(5,6)22-10-9-20-15-18(3)7-8-21(20)16-22/h7-10,15-17,19,23,27H,5-6,11-14,26H2,1-4H3. The van der Waals surface area contributed by atoms with E-state index in [0.29, 0.717) is 26.1 Å². The molecule has 1 aliphatic heterocycles. The molecule has 0 saturated carbocycles. The van der Waals surface area contributed by atoms with Crippen LogP contribution in [0.4, 0.5) is 0 Å². The van der Waals surface area contributed by atoms with Crippen LogP contribution in [0.1, 0.15) is 32.8 Å². The fourth-order valence-electron chi connectivity index (χ4n) is 4.26. The predicted molar refractivity (Wildman–Crippen MR) is 137 cm³/mol. The van der Waals surface area contributed by atoms with Crippen molar-refractivity contribution in [2.45, 2.75) is 57.1 Å². The lowest BCUT2D eigenvalue weighted by atomic mass is 10.1. The number of likely N-dealkylation sites (tertiary alicyclic amines) is 1. The first kappa shape index (κ1) is 24.3. The Labute approximate surface area is 192 Å². The number of carbonyl (C=O) groups is 2. The van der Waals surface area contributed by atoms with Crippen molar-refractivity contribution in [1.29, 1.82) is 0 Å². The highest BCUT2D eigenvalue weighted by atomic mass is 32.2. The molecule has 3 N–H and O–H groups in total. The van der Waals surface area contributed by atoms with Gasteiger partial charge in [0.05, 0.1) is 6.04 Å². The first-order valence-electron chi connectivity index (χ1n) is 11.1. The molecule has 2 unspecified atom stereocenters. The summed E-state index contributed by atoms with van der Waals surface area (Å²) in [5, 5.41) is 2.30. The highest BCUT2D eigenvalue weighted by Crippen LogP contribution is 2.33. The summed E-state index contributed by atoms with van der Waals surface area (Å²) >= 11 is 0. The summed E-state index contributed by atoms with van der Waals surface area (Å²) in [7, 11) is -1.90. The zero-order valence-corrected chi connectivity index (χ0v) is 20.5. The van der Waals surface area contributed by atoms with Gasteiger partial charge in [-0.2, -0.15) is 0 Å². The smallest absolute Gasteiger partial charge is 0.245 e. The second kappa shape index (κ2) is 9.65. The molecule has 0 radical (unpaired) electrons. The molecule has 3 rings (SSSR count). The summed E-state index contributed by atoms with van der Waals surface area (Å²) in [6, 6.07) is 11.7. The SMILES string of the molecule is C=S(=C)(NC1CCN(C(C)C(=O)N(CCN)C(C)C)C1=O)c1ccc2cc(C)ccc2c1. The van der Waals surface area contributed by atoms with Gasteiger partial charge < -0.3 is 15.5 Å². The zero-order valence-electron chi connectivity index (χ0n) is 19.6. The number of aryl methyl sites for hydroxylation is 1. The van der Waals surface area contributed by atoms with Crippen LogP contribution in [0.5, 0.6) is 0 Å². The van der Waals surface area contributed by atoms with Crippen LogP contribution in [0, 0.1) is 6.92 Å². The van der Waals surface area contributed by atoms with E-state index in [9.17, 15) is 9.59 Å². The number of rotatable bonds is 8. The van der Waals surface area contributed by atoms with Crippen molar-refractivity contribution >= 4 is 43.7 Å². The minimum absolute atomic E-state index is 0.0357. The largest absolute Gasteiger partial charge is 0.337 e. The van der Waals surface area contributed by atoms with E-state index in [4.69, 9.17) is 5.73 Å². The van der Waals surface area contributed by atoms with Crippen molar-refractivity contribution in [2.75, 3.05) is 19.6 Å². The number of nitrogens with two attached hydrogens (primary N) is 1. The first-order chi connectivity index (χ1) is 15.0. The molecule has 2 aromatic carbocycles. The van der Waals surface area contributed by atoms with Gasteiger partial charge in [-0.1, -0.05) is 41.6 Å². The minimum Gasteiger partial charge on any atom is -0.337 e. The van der Waals surface area contributed by atoms with Crippen LogP contribution < -0.4 is 10.5 Å². The van der Waals surface area contributed by atoms with Crippen molar-refractivity contribution in [3.05, 3.63) is 42.0 Å². The van der Waals surface area contributed by atoms with E-state index in [1.807, 2.05) is 19.9 Å². The average Bonchev–Trinajstić information content (AvgIpc) is 3.09. The molecule has 174 valence electrons. The number of nitrogens with zero attached hydrogens (tertiary/aromatic N) is 2. The third-order valence-electron chi connectivity index (χ3n) is 6.13. The third-order valence-corrected chi connectivity index (χ3v) is 8.02. The van der Waals surface area contributed by atoms with Crippen LogP contribution in [0.2, 0.25) is 0 Å². The number of hydrogen-bond acceptors (Lipinski definition) is 4. The van der Waals surface area contributed by atoms with Crippen LogP contribution in [0.15, 0.2) is 41.3 Å².